The monoisotopic (exact) mass is 355 g/mol. The van der Waals surface area contributed by atoms with Crippen molar-refractivity contribution < 1.29 is 4.79 Å². The summed E-state index contributed by atoms with van der Waals surface area (Å²) in [6.07, 6.45) is 11.5. The van der Waals surface area contributed by atoms with Crippen LogP contribution in [0.3, 0.4) is 0 Å². The van der Waals surface area contributed by atoms with E-state index in [-0.39, 0.29) is 11.9 Å². The highest BCUT2D eigenvalue weighted by molar-refractivity contribution is 5.79. The van der Waals surface area contributed by atoms with Gasteiger partial charge in [-0.2, -0.15) is 5.26 Å². The van der Waals surface area contributed by atoms with E-state index in [0.717, 1.165) is 70.2 Å². The van der Waals surface area contributed by atoms with Crippen molar-refractivity contribution in [1.82, 2.24) is 20.2 Å². The number of nitriles is 1. The minimum Gasteiger partial charge on any atom is -0.344 e. The van der Waals surface area contributed by atoms with Crippen molar-refractivity contribution in [2.75, 3.05) is 13.1 Å². The van der Waals surface area contributed by atoms with Gasteiger partial charge in [-0.25, -0.2) is 4.98 Å². The Bertz CT molecular complexity index is 674. The number of imidazole rings is 1. The molecule has 0 radical (unpaired) electrons. The number of likely N-dealkylation sites (tertiary alicyclic amines) is 1. The molecule has 1 amide bonds. The number of H-pyrrole nitrogens is 1. The first kappa shape index (κ1) is 17.5. The molecule has 4 rings (SSSR count). The van der Waals surface area contributed by atoms with Crippen LogP contribution in [0.2, 0.25) is 0 Å². The van der Waals surface area contributed by atoms with E-state index in [1.54, 1.807) is 0 Å². The molecule has 3 aliphatic rings. The maximum atomic E-state index is 12.7. The number of aromatic nitrogens is 2. The molecule has 6 heteroatoms. The molecule has 2 aliphatic carbocycles. The fraction of sp³-hybridized carbons (Fsp3) is 0.750. The standard InChI is InChI=1S/C20H29N5O/c21-14-20(10-4-1-5-11-20)24-18(26)13-25-12-6-9-17(25)19-22-15-7-2-3-8-16(15)23-19/h17H,1-13H2,(H,22,23)(H,24,26)/t17-/m1/s1. The van der Waals surface area contributed by atoms with Crippen LogP contribution in [0.5, 0.6) is 0 Å². The van der Waals surface area contributed by atoms with Crippen molar-refractivity contribution in [3.05, 3.63) is 17.2 Å². The van der Waals surface area contributed by atoms with Crippen molar-refractivity contribution in [2.45, 2.75) is 82.2 Å². The van der Waals surface area contributed by atoms with Gasteiger partial charge in [0.15, 0.2) is 0 Å². The summed E-state index contributed by atoms with van der Waals surface area (Å²) in [6, 6.07) is 2.58. The van der Waals surface area contributed by atoms with E-state index in [4.69, 9.17) is 4.98 Å². The first-order valence-corrected chi connectivity index (χ1v) is 10.2. The highest BCUT2D eigenvalue weighted by atomic mass is 16.2. The van der Waals surface area contributed by atoms with E-state index in [1.807, 2.05) is 0 Å². The number of hydrogen-bond acceptors (Lipinski definition) is 4. The molecule has 2 fully saturated rings. The third-order valence-electron chi connectivity index (χ3n) is 6.30. The molecule has 26 heavy (non-hydrogen) atoms. The summed E-state index contributed by atoms with van der Waals surface area (Å²) in [5.41, 5.74) is 1.88. The lowest BCUT2D eigenvalue weighted by molar-refractivity contribution is -0.124. The topological polar surface area (TPSA) is 84.8 Å². The first-order chi connectivity index (χ1) is 12.7. The molecule has 1 aromatic rings. The van der Waals surface area contributed by atoms with Gasteiger partial charge in [0.25, 0.3) is 0 Å². The number of aryl methyl sites for hydroxylation is 2. The zero-order valence-electron chi connectivity index (χ0n) is 15.5. The van der Waals surface area contributed by atoms with Gasteiger partial charge in [-0.3, -0.25) is 9.69 Å². The molecule has 0 spiro atoms. The minimum atomic E-state index is -0.645. The van der Waals surface area contributed by atoms with Gasteiger partial charge in [-0.15, -0.1) is 0 Å². The van der Waals surface area contributed by atoms with Gasteiger partial charge in [0.2, 0.25) is 5.91 Å². The normalized spacial score (nSPS) is 25.4. The molecule has 2 N–H and O–H groups in total. The van der Waals surface area contributed by atoms with Crippen molar-refractivity contribution >= 4 is 5.91 Å². The lowest BCUT2D eigenvalue weighted by atomic mass is 9.83. The molecule has 1 saturated carbocycles. The number of rotatable bonds is 4. The van der Waals surface area contributed by atoms with Crippen LogP contribution in [0.25, 0.3) is 0 Å². The third-order valence-corrected chi connectivity index (χ3v) is 6.30. The largest absolute Gasteiger partial charge is 0.344 e. The molecule has 1 atom stereocenters. The summed E-state index contributed by atoms with van der Waals surface area (Å²) in [4.78, 5) is 23.3. The van der Waals surface area contributed by atoms with Crippen LogP contribution in [0, 0.1) is 11.3 Å². The highest BCUT2D eigenvalue weighted by Gasteiger charge is 2.36. The summed E-state index contributed by atoms with van der Waals surface area (Å²) in [6.45, 7) is 1.28. The zero-order chi connectivity index (χ0) is 18.0. The molecule has 0 bridgehead atoms. The van der Waals surface area contributed by atoms with E-state index >= 15 is 0 Å². The van der Waals surface area contributed by atoms with Crippen molar-refractivity contribution in [3.8, 4) is 6.07 Å². The molecule has 2 heterocycles. The summed E-state index contributed by atoms with van der Waals surface area (Å²) in [5.74, 6) is 1.02. The third kappa shape index (κ3) is 3.50. The quantitative estimate of drug-likeness (QED) is 0.870. The minimum absolute atomic E-state index is 0.0170. The summed E-state index contributed by atoms with van der Waals surface area (Å²) < 4.78 is 0. The molecule has 0 unspecified atom stereocenters. The number of aromatic amines is 1. The van der Waals surface area contributed by atoms with E-state index in [1.165, 1.54) is 24.2 Å². The molecule has 1 aliphatic heterocycles. The van der Waals surface area contributed by atoms with Crippen molar-refractivity contribution in [1.29, 1.82) is 5.26 Å². The van der Waals surface area contributed by atoms with Gasteiger partial charge >= 0.3 is 0 Å². The average molecular weight is 355 g/mol. The average Bonchev–Trinajstić information content (AvgIpc) is 3.28. The predicted octanol–water partition coefficient (Wildman–Crippen LogP) is 2.77. The van der Waals surface area contributed by atoms with Crippen LogP contribution in [0.1, 0.15) is 81.0 Å². The molecule has 140 valence electrons. The fourth-order valence-corrected chi connectivity index (χ4v) is 4.87. The van der Waals surface area contributed by atoms with Gasteiger partial charge in [-0.1, -0.05) is 19.3 Å². The Morgan fingerprint density at radius 3 is 2.81 bits per heavy atom. The number of carbonyl (C=O) groups excluding carboxylic acids is 1. The van der Waals surface area contributed by atoms with Gasteiger partial charge in [-0.05, 0) is 57.9 Å². The summed E-state index contributed by atoms with van der Waals surface area (Å²) >= 11 is 0. The van der Waals surface area contributed by atoms with E-state index < -0.39 is 5.54 Å². The first-order valence-electron chi connectivity index (χ1n) is 10.2. The lowest BCUT2D eigenvalue weighted by Crippen LogP contribution is -2.51. The highest BCUT2D eigenvalue weighted by Crippen LogP contribution is 2.32. The van der Waals surface area contributed by atoms with Gasteiger partial charge in [0.1, 0.15) is 11.4 Å². The smallest absolute Gasteiger partial charge is 0.235 e. The van der Waals surface area contributed by atoms with Crippen LogP contribution in [0.15, 0.2) is 0 Å². The second-order valence-electron chi connectivity index (χ2n) is 8.19. The van der Waals surface area contributed by atoms with Gasteiger partial charge < -0.3 is 10.3 Å². The predicted molar refractivity (Wildman–Crippen MR) is 98.3 cm³/mol. The number of carbonyl (C=O) groups is 1. The Morgan fingerprint density at radius 1 is 1.23 bits per heavy atom. The number of nitrogens with zero attached hydrogens (tertiary/aromatic N) is 3. The summed E-state index contributed by atoms with van der Waals surface area (Å²) in [5, 5.41) is 12.6. The molecular formula is C20H29N5O. The van der Waals surface area contributed by atoms with Crippen LogP contribution in [-0.4, -0.2) is 39.4 Å². The van der Waals surface area contributed by atoms with Crippen LogP contribution >= 0.6 is 0 Å². The van der Waals surface area contributed by atoms with Gasteiger partial charge in [0.05, 0.1) is 24.3 Å². The molecule has 0 aromatic carbocycles. The van der Waals surface area contributed by atoms with Crippen LogP contribution in [0.4, 0.5) is 0 Å². The maximum Gasteiger partial charge on any atom is 0.235 e. The summed E-state index contributed by atoms with van der Waals surface area (Å²) in [7, 11) is 0. The van der Waals surface area contributed by atoms with E-state index in [9.17, 15) is 10.1 Å². The van der Waals surface area contributed by atoms with Crippen molar-refractivity contribution in [2.24, 2.45) is 0 Å². The van der Waals surface area contributed by atoms with E-state index in [2.05, 4.69) is 21.3 Å². The lowest BCUT2D eigenvalue weighted by Gasteiger charge is -2.32. The number of nitrogens with one attached hydrogen (secondary N) is 2. The molecule has 6 nitrogen and oxygen atoms in total. The molecule has 1 saturated heterocycles. The van der Waals surface area contributed by atoms with Gasteiger partial charge in [0, 0.05) is 5.69 Å². The number of hydrogen-bond donors (Lipinski definition) is 2. The van der Waals surface area contributed by atoms with Crippen LogP contribution in [-0.2, 0) is 17.6 Å². The SMILES string of the molecule is N#CC1(NC(=O)CN2CCC[C@@H]2c2nc3c([nH]2)CCCC3)CCCCC1. The molecule has 1 aromatic heterocycles. The second-order valence-corrected chi connectivity index (χ2v) is 8.19. The Labute approximate surface area is 155 Å². The zero-order valence-corrected chi connectivity index (χ0v) is 15.5. The second kappa shape index (κ2) is 7.40. The van der Waals surface area contributed by atoms with Crippen molar-refractivity contribution in [3.63, 3.8) is 0 Å². The number of amides is 1. The Morgan fingerprint density at radius 2 is 2.04 bits per heavy atom. The maximum absolute atomic E-state index is 12.7. The Balaban J connectivity index is 1.41. The Kier molecular flexibility index (Phi) is 4.99. The number of fused-ring (bicyclic) bond motifs is 1. The van der Waals surface area contributed by atoms with E-state index in [0.29, 0.717) is 6.54 Å². The Hall–Kier alpha value is -1.87. The molecular weight excluding hydrogens is 326 g/mol. The van der Waals surface area contributed by atoms with Crippen LogP contribution < -0.4 is 5.32 Å². The fourth-order valence-electron chi connectivity index (χ4n) is 4.87.